The van der Waals surface area contributed by atoms with Gasteiger partial charge in [-0.3, -0.25) is 4.79 Å². The minimum absolute atomic E-state index is 0.118. The molecular weight excluding hydrogens is 528 g/mol. The van der Waals surface area contributed by atoms with Crippen LogP contribution in [0, 0.1) is 13.8 Å². The van der Waals surface area contributed by atoms with E-state index in [1.807, 2.05) is 69.6 Å². The number of rotatable bonds is 7. The van der Waals surface area contributed by atoms with Crippen LogP contribution in [0.3, 0.4) is 0 Å². The highest BCUT2D eigenvalue weighted by Gasteiger charge is 2.38. The summed E-state index contributed by atoms with van der Waals surface area (Å²) < 4.78 is 36.9. The summed E-state index contributed by atoms with van der Waals surface area (Å²) in [4.78, 5) is 12.2. The number of benzene rings is 3. The Hall–Kier alpha value is -3.76. The minimum atomic E-state index is -3.84. The predicted octanol–water partition coefficient (Wildman–Crippen LogP) is 5.04. The van der Waals surface area contributed by atoms with Crippen LogP contribution in [0.25, 0.3) is 11.0 Å². The van der Waals surface area contributed by atoms with Crippen LogP contribution in [0.1, 0.15) is 60.9 Å². The number of hydrogen-bond acceptors (Lipinski definition) is 6. The first-order valence-electron chi connectivity index (χ1n) is 13.3. The van der Waals surface area contributed by atoms with Crippen LogP contribution in [-0.4, -0.2) is 50.9 Å². The van der Waals surface area contributed by atoms with Gasteiger partial charge in [-0.25, -0.2) is 13.1 Å². The molecule has 1 atom stereocenters. The molecule has 1 aromatic heterocycles. The van der Waals surface area contributed by atoms with Crippen molar-refractivity contribution in [3.63, 3.8) is 0 Å². The number of aliphatic carboxylic acids is 1. The molecule has 4 aromatic rings. The molecule has 0 amide bonds. The minimum Gasteiger partial charge on any atom is -0.485 e. The number of aromatic nitrogens is 3. The van der Waals surface area contributed by atoms with Crippen molar-refractivity contribution in [3.05, 3.63) is 82.4 Å². The van der Waals surface area contributed by atoms with E-state index in [0.717, 1.165) is 38.9 Å². The normalized spacial score (nSPS) is 17.1. The summed E-state index contributed by atoms with van der Waals surface area (Å²) in [5, 5.41) is 18.4. The first-order chi connectivity index (χ1) is 18.9. The lowest BCUT2D eigenvalue weighted by atomic mass is 9.84. The van der Waals surface area contributed by atoms with E-state index in [4.69, 9.17) is 4.74 Å². The van der Waals surface area contributed by atoms with Crippen molar-refractivity contribution in [2.75, 3.05) is 6.54 Å². The maximum absolute atomic E-state index is 13.8. The lowest BCUT2D eigenvalue weighted by Crippen LogP contribution is -2.42. The second-order valence-corrected chi connectivity index (χ2v) is 12.9. The van der Waals surface area contributed by atoms with Crippen molar-refractivity contribution in [1.29, 1.82) is 0 Å². The van der Waals surface area contributed by atoms with Crippen LogP contribution in [-0.2, 0) is 27.9 Å². The molecule has 2 heterocycles. The Morgan fingerprint density at radius 1 is 1.12 bits per heavy atom. The molecule has 3 aromatic carbocycles. The average Bonchev–Trinajstić information content (AvgIpc) is 3.29. The van der Waals surface area contributed by atoms with E-state index in [1.165, 1.54) is 4.31 Å². The molecule has 40 heavy (non-hydrogen) atoms. The third kappa shape index (κ3) is 5.09. The van der Waals surface area contributed by atoms with Crippen molar-refractivity contribution in [3.8, 4) is 5.75 Å². The number of nitrogens with zero attached hydrogens (tertiary/aromatic N) is 4. The summed E-state index contributed by atoms with van der Waals surface area (Å²) in [6, 6.07) is 16.4. The van der Waals surface area contributed by atoms with Gasteiger partial charge in [0.25, 0.3) is 0 Å². The molecule has 0 bridgehead atoms. The Bertz CT molecular complexity index is 1710. The van der Waals surface area contributed by atoms with E-state index in [0.29, 0.717) is 12.3 Å². The molecule has 5 rings (SSSR count). The number of carbonyl (C=O) groups is 1. The standard InChI is InChI=1S/C30H34N4O5S/c1-6-34-25-14-13-23(20(3)29(25)31-32-34)24(16-28(35)36)21-12-11-19(2)22(15-21)17-33-18-30(4,5)39-26-9-7-8-10-27(26)40(33,37)38/h7-15,24H,6,16-18H2,1-5H3,(H,35,36)/t24-/m1/s1. The smallest absolute Gasteiger partial charge is 0.304 e. The number of hydrogen-bond donors (Lipinski definition) is 1. The first-order valence-corrected chi connectivity index (χ1v) is 14.8. The molecule has 0 saturated heterocycles. The molecule has 0 unspecified atom stereocenters. The quantitative estimate of drug-likeness (QED) is 0.336. The maximum atomic E-state index is 13.8. The van der Waals surface area contributed by atoms with Crippen LogP contribution in [0.5, 0.6) is 5.75 Å². The number of fused-ring (bicyclic) bond motifs is 2. The zero-order chi connectivity index (χ0) is 28.8. The fraction of sp³-hybridized carbons (Fsp3) is 0.367. The van der Waals surface area contributed by atoms with E-state index >= 15 is 0 Å². The Morgan fingerprint density at radius 2 is 1.88 bits per heavy atom. The Morgan fingerprint density at radius 3 is 2.60 bits per heavy atom. The van der Waals surface area contributed by atoms with Gasteiger partial charge in [-0.15, -0.1) is 5.10 Å². The van der Waals surface area contributed by atoms with Gasteiger partial charge in [-0.1, -0.05) is 41.6 Å². The molecule has 10 heteroatoms. The number of carboxylic acid groups (broad SMARTS) is 1. The fourth-order valence-electron chi connectivity index (χ4n) is 5.51. The lowest BCUT2D eigenvalue weighted by molar-refractivity contribution is -0.137. The van der Waals surface area contributed by atoms with Crippen LogP contribution in [0.15, 0.2) is 59.5 Å². The molecule has 1 N–H and O–H groups in total. The molecule has 210 valence electrons. The van der Waals surface area contributed by atoms with Gasteiger partial charge in [0.05, 0.1) is 18.5 Å². The Labute approximate surface area is 234 Å². The Balaban J connectivity index is 1.57. The van der Waals surface area contributed by atoms with Gasteiger partial charge in [-0.05, 0) is 80.6 Å². The highest BCUT2D eigenvalue weighted by Crippen LogP contribution is 2.37. The summed E-state index contributed by atoms with van der Waals surface area (Å²) in [6.07, 6.45) is -0.118. The monoisotopic (exact) mass is 562 g/mol. The fourth-order valence-corrected chi connectivity index (χ4v) is 7.19. The Kier molecular flexibility index (Phi) is 7.18. The number of aryl methyl sites for hydroxylation is 3. The van der Waals surface area contributed by atoms with Crippen molar-refractivity contribution in [2.45, 2.75) is 70.5 Å². The second kappa shape index (κ2) is 10.3. The number of ether oxygens (including phenoxy) is 1. The maximum Gasteiger partial charge on any atom is 0.304 e. The van der Waals surface area contributed by atoms with E-state index in [9.17, 15) is 18.3 Å². The molecule has 0 fully saturated rings. The van der Waals surface area contributed by atoms with Crippen molar-refractivity contribution in [1.82, 2.24) is 19.3 Å². The SMILES string of the molecule is CCn1nnc2c(C)c([C@H](CC(=O)O)c3ccc(C)c(CN4CC(C)(C)Oc5ccccc5S4(=O)=O)c3)ccc21. The molecule has 1 aliphatic rings. The molecule has 9 nitrogen and oxygen atoms in total. The molecule has 0 spiro atoms. The molecule has 1 aliphatic heterocycles. The summed E-state index contributed by atoms with van der Waals surface area (Å²) in [6.45, 7) is 10.6. The summed E-state index contributed by atoms with van der Waals surface area (Å²) in [5.74, 6) is -1.03. The van der Waals surface area contributed by atoms with E-state index in [-0.39, 0.29) is 24.4 Å². The van der Waals surface area contributed by atoms with Gasteiger partial charge in [0.1, 0.15) is 21.8 Å². The average molecular weight is 563 g/mol. The third-order valence-electron chi connectivity index (χ3n) is 7.57. The van der Waals surface area contributed by atoms with E-state index in [1.54, 1.807) is 24.3 Å². The second-order valence-electron chi connectivity index (χ2n) is 11.0. The van der Waals surface area contributed by atoms with Crippen LogP contribution in [0.4, 0.5) is 0 Å². The number of para-hydroxylation sites is 1. The third-order valence-corrected chi connectivity index (χ3v) is 9.40. The molecular formula is C30H34N4O5S. The largest absolute Gasteiger partial charge is 0.485 e. The van der Waals surface area contributed by atoms with Gasteiger partial charge in [0.15, 0.2) is 0 Å². The first kappa shape index (κ1) is 27.8. The van der Waals surface area contributed by atoms with E-state index in [2.05, 4.69) is 10.3 Å². The summed E-state index contributed by atoms with van der Waals surface area (Å²) in [7, 11) is -3.84. The number of sulfonamides is 1. The zero-order valence-corrected chi connectivity index (χ0v) is 24.2. The predicted molar refractivity (Wildman–Crippen MR) is 152 cm³/mol. The van der Waals surface area contributed by atoms with Crippen molar-refractivity contribution < 1.29 is 23.1 Å². The lowest BCUT2D eigenvalue weighted by Gasteiger charge is -2.29. The molecule has 0 radical (unpaired) electrons. The molecule has 0 saturated carbocycles. The topological polar surface area (TPSA) is 115 Å². The zero-order valence-electron chi connectivity index (χ0n) is 23.4. The summed E-state index contributed by atoms with van der Waals surface area (Å²) in [5.41, 5.74) is 5.17. The molecule has 0 aliphatic carbocycles. The van der Waals surface area contributed by atoms with Gasteiger partial charge in [-0.2, -0.15) is 4.31 Å². The van der Waals surface area contributed by atoms with E-state index < -0.39 is 27.5 Å². The highest BCUT2D eigenvalue weighted by atomic mass is 32.2. The summed E-state index contributed by atoms with van der Waals surface area (Å²) >= 11 is 0. The highest BCUT2D eigenvalue weighted by molar-refractivity contribution is 7.89. The van der Waals surface area contributed by atoms with Gasteiger partial charge < -0.3 is 9.84 Å². The van der Waals surface area contributed by atoms with Gasteiger partial charge >= 0.3 is 5.97 Å². The number of carboxylic acids is 1. The van der Waals surface area contributed by atoms with Crippen LogP contribution >= 0.6 is 0 Å². The van der Waals surface area contributed by atoms with Crippen molar-refractivity contribution >= 4 is 27.0 Å². The van der Waals surface area contributed by atoms with Gasteiger partial charge in [0.2, 0.25) is 10.0 Å². The van der Waals surface area contributed by atoms with Crippen LogP contribution < -0.4 is 4.74 Å². The van der Waals surface area contributed by atoms with Gasteiger partial charge in [0, 0.05) is 19.0 Å². The van der Waals surface area contributed by atoms with Crippen LogP contribution in [0.2, 0.25) is 0 Å². The van der Waals surface area contributed by atoms with Crippen molar-refractivity contribution in [2.24, 2.45) is 0 Å².